The number of benzene rings is 2. The molecule has 32 heavy (non-hydrogen) atoms. The predicted molar refractivity (Wildman–Crippen MR) is 125 cm³/mol. The third-order valence-corrected chi connectivity index (χ3v) is 7.04. The lowest BCUT2D eigenvalue weighted by atomic mass is 9.97. The SMILES string of the molecule is COc1ccc(N2CCN(C(=O)c3ccc4c(c3)N(C)C3CCCCN3C4=O)CC2)cc1. The van der Waals surface area contributed by atoms with Crippen molar-refractivity contribution in [2.45, 2.75) is 25.4 Å². The highest BCUT2D eigenvalue weighted by Crippen LogP contribution is 2.35. The molecule has 7 nitrogen and oxygen atoms in total. The predicted octanol–water partition coefficient (Wildman–Crippen LogP) is 3.06. The van der Waals surface area contributed by atoms with E-state index in [1.54, 1.807) is 7.11 Å². The van der Waals surface area contributed by atoms with Gasteiger partial charge < -0.3 is 24.3 Å². The van der Waals surface area contributed by atoms with E-state index in [9.17, 15) is 9.59 Å². The summed E-state index contributed by atoms with van der Waals surface area (Å²) >= 11 is 0. The minimum Gasteiger partial charge on any atom is -0.497 e. The van der Waals surface area contributed by atoms with E-state index in [1.807, 2.05) is 47.2 Å². The number of carbonyl (C=O) groups excluding carboxylic acids is 2. The molecule has 2 amide bonds. The third-order valence-electron chi connectivity index (χ3n) is 7.04. The second-order valence-electron chi connectivity index (χ2n) is 8.80. The van der Waals surface area contributed by atoms with Crippen LogP contribution >= 0.6 is 0 Å². The monoisotopic (exact) mass is 434 g/mol. The van der Waals surface area contributed by atoms with Crippen molar-refractivity contribution in [2.24, 2.45) is 0 Å². The van der Waals surface area contributed by atoms with Gasteiger partial charge in [-0.1, -0.05) is 0 Å². The molecule has 1 atom stereocenters. The number of carbonyl (C=O) groups is 2. The van der Waals surface area contributed by atoms with Crippen LogP contribution in [0.4, 0.5) is 11.4 Å². The molecular formula is C25H30N4O3. The summed E-state index contributed by atoms with van der Waals surface area (Å²) in [6.45, 7) is 3.74. The molecule has 0 spiro atoms. The number of ether oxygens (including phenoxy) is 1. The Morgan fingerprint density at radius 2 is 1.72 bits per heavy atom. The van der Waals surface area contributed by atoms with E-state index in [0.717, 1.165) is 56.0 Å². The molecule has 0 saturated carbocycles. The zero-order valence-electron chi connectivity index (χ0n) is 18.8. The first kappa shape index (κ1) is 20.7. The van der Waals surface area contributed by atoms with Gasteiger partial charge in [0, 0.05) is 51.0 Å². The number of piperidine rings is 1. The normalized spacial score (nSPS) is 20.7. The lowest BCUT2D eigenvalue weighted by molar-refractivity contribution is 0.0588. The van der Waals surface area contributed by atoms with Crippen LogP contribution in [0.5, 0.6) is 5.75 Å². The standard InChI is InChI=1S/C25H30N4O3/c1-26-22-17-18(6-11-21(22)25(31)29-12-4-3-5-23(26)29)24(30)28-15-13-27(14-16-28)19-7-9-20(32-2)10-8-19/h6-11,17,23H,3-5,12-16H2,1-2H3. The highest BCUT2D eigenvalue weighted by atomic mass is 16.5. The fourth-order valence-corrected chi connectivity index (χ4v) is 5.15. The number of piperazine rings is 1. The number of hydrogen-bond donors (Lipinski definition) is 0. The molecule has 2 aromatic carbocycles. The lowest BCUT2D eigenvalue weighted by Gasteiger charge is -2.46. The van der Waals surface area contributed by atoms with Crippen molar-refractivity contribution in [3.63, 3.8) is 0 Å². The Kier molecular flexibility index (Phi) is 5.41. The summed E-state index contributed by atoms with van der Waals surface area (Å²) in [7, 11) is 3.70. The summed E-state index contributed by atoms with van der Waals surface area (Å²) in [5.41, 5.74) is 3.38. The molecule has 0 N–H and O–H groups in total. The van der Waals surface area contributed by atoms with Gasteiger partial charge in [-0.05, 0) is 61.7 Å². The molecule has 168 valence electrons. The molecule has 3 heterocycles. The first-order valence-electron chi connectivity index (χ1n) is 11.4. The Morgan fingerprint density at radius 1 is 0.969 bits per heavy atom. The average Bonchev–Trinajstić information content (AvgIpc) is 2.86. The fourth-order valence-electron chi connectivity index (χ4n) is 5.15. The van der Waals surface area contributed by atoms with Gasteiger partial charge in [0.15, 0.2) is 0 Å². The van der Waals surface area contributed by atoms with Crippen LogP contribution in [0.1, 0.15) is 40.0 Å². The van der Waals surface area contributed by atoms with Crippen molar-refractivity contribution >= 4 is 23.2 Å². The fraction of sp³-hybridized carbons (Fsp3) is 0.440. The van der Waals surface area contributed by atoms with E-state index in [4.69, 9.17) is 4.74 Å². The Balaban J connectivity index is 1.29. The summed E-state index contributed by atoms with van der Waals surface area (Å²) in [5, 5.41) is 0. The van der Waals surface area contributed by atoms with Gasteiger partial charge >= 0.3 is 0 Å². The van der Waals surface area contributed by atoms with Gasteiger partial charge in [-0.25, -0.2) is 0 Å². The van der Waals surface area contributed by atoms with Gasteiger partial charge in [-0.2, -0.15) is 0 Å². The van der Waals surface area contributed by atoms with E-state index in [-0.39, 0.29) is 18.0 Å². The number of anilines is 2. The van der Waals surface area contributed by atoms with Gasteiger partial charge in [-0.3, -0.25) is 9.59 Å². The molecule has 7 heteroatoms. The summed E-state index contributed by atoms with van der Waals surface area (Å²) in [6, 6.07) is 13.6. The van der Waals surface area contributed by atoms with E-state index < -0.39 is 0 Å². The summed E-state index contributed by atoms with van der Waals surface area (Å²) < 4.78 is 5.24. The Hall–Kier alpha value is -3.22. The van der Waals surface area contributed by atoms with Gasteiger partial charge in [0.1, 0.15) is 11.9 Å². The van der Waals surface area contributed by atoms with Gasteiger partial charge in [0.25, 0.3) is 11.8 Å². The summed E-state index contributed by atoms with van der Waals surface area (Å²) in [6.07, 6.45) is 3.27. The van der Waals surface area contributed by atoms with Crippen molar-refractivity contribution in [2.75, 3.05) is 56.7 Å². The average molecular weight is 435 g/mol. The number of rotatable bonds is 3. The smallest absolute Gasteiger partial charge is 0.257 e. The largest absolute Gasteiger partial charge is 0.497 e. The maximum absolute atomic E-state index is 13.3. The minimum atomic E-state index is 0.0362. The van der Waals surface area contributed by atoms with Crippen molar-refractivity contribution in [1.82, 2.24) is 9.80 Å². The maximum Gasteiger partial charge on any atom is 0.257 e. The Morgan fingerprint density at radius 3 is 2.44 bits per heavy atom. The van der Waals surface area contributed by atoms with Gasteiger partial charge in [-0.15, -0.1) is 0 Å². The van der Waals surface area contributed by atoms with Crippen molar-refractivity contribution in [3.8, 4) is 5.75 Å². The second kappa shape index (κ2) is 8.37. The van der Waals surface area contributed by atoms with E-state index in [1.165, 1.54) is 0 Å². The molecule has 5 rings (SSSR count). The van der Waals surface area contributed by atoms with E-state index in [2.05, 4.69) is 21.9 Å². The van der Waals surface area contributed by atoms with Crippen LogP contribution in [0.15, 0.2) is 42.5 Å². The second-order valence-corrected chi connectivity index (χ2v) is 8.80. The number of fused-ring (bicyclic) bond motifs is 2. The van der Waals surface area contributed by atoms with Crippen LogP contribution in [0.2, 0.25) is 0 Å². The summed E-state index contributed by atoms with van der Waals surface area (Å²) in [5.74, 6) is 0.971. The maximum atomic E-state index is 13.3. The van der Waals surface area contributed by atoms with E-state index >= 15 is 0 Å². The number of methoxy groups -OCH3 is 1. The molecule has 1 unspecified atom stereocenters. The zero-order valence-corrected chi connectivity index (χ0v) is 18.8. The Labute approximate surface area is 189 Å². The van der Waals surface area contributed by atoms with Crippen molar-refractivity contribution in [3.05, 3.63) is 53.6 Å². The molecule has 3 aliphatic heterocycles. The lowest BCUT2D eigenvalue weighted by Crippen LogP contribution is -2.56. The quantitative estimate of drug-likeness (QED) is 0.743. The number of nitrogens with zero attached hydrogens (tertiary/aromatic N) is 4. The molecule has 3 aliphatic rings. The highest BCUT2D eigenvalue weighted by molar-refractivity contribution is 6.04. The van der Waals surface area contributed by atoms with Gasteiger partial charge in [0.2, 0.25) is 0 Å². The first-order chi connectivity index (χ1) is 15.6. The highest BCUT2D eigenvalue weighted by Gasteiger charge is 2.37. The minimum absolute atomic E-state index is 0.0362. The molecule has 2 aromatic rings. The Bertz CT molecular complexity index is 1010. The first-order valence-corrected chi connectivity index (χ1v) is 11.4. The van der Waals surface area contributed by atoms with Crippen LogP contribution in [-0.4, -0.2) is 74.7 Å². The number of amides is 2. The van der Waals surface area contributed by atoms with Crippen LogP contribution in [0.3, 0.4) is 0 Å². The van der Waals surface area contributed by atoms with Crippen LogP contribution in [0, 0.1) is 0 Å². The molecule has 2 fully saturated rings. The number of hydrogen-bond acceptors (Lipinski definition) is 5. The topological polar surface area (TPSA) is 56.3 Å². The molecule has 0 aliphatic carbocycles. The van der Waals surface area contributed by atoms with Crippen LogP contribution in [-0.2, 0) is 0 Å². The molecule has 0 radical (unpaired) electrons. The van der Waals surface area contributed by atoms with E-state index in [0.29, 0.717) is 24.2 Å². The third kappa shape index (κ3) is 3.55. The van der Waals surface area contributed by atoms with Crippen LogP contribution in [0.25, 0.3) is 0 Å². The summed E-state index contributed by atoms with van der Waals surface area (Å²) in [4.78, 5) is 34.6. The van der Waals surface area contributed by atoms with Crippen molar-refractivity contribution < 1.29 is 14.3 Å². The molecule has 0 bridgehead atoms. The van der Waals surface area contributed by atoms with Gasteiger partial charge in [0.05, 0.1) is 18.4 Å². The van der Waals surface area contributed by atoms with Crippen molar-refractivity contribution in [1.29, 1.82) is 0 Å². The molecular weight excluding hydrogens is 404 g/mol. The zero-order chi connectivity index (χ0) is 22.2. The van der Waals surface area contributed by atoms with Crippen LogP contribution < -0.4 is 14.5 Å². The molecule has 2 saturated heterocycles. The molecule has 0 aromatic heterocycles.